The Morgan fingerprint density at radius 1 is 0.977 bits per heavy atom. The molecule has 3 aromatic carbocycles. The number of hydrogen-bond acceptors (Lipinski definition) is 7. The summed E-state index contributed by atoms with van der Waals surface area (Å²) in [5.74, 6) is 0.316. The highest BCUT2D eigenvalue weighted by Crippen LogP contribution is 2.43. The molecular weight excluding hydrogens is 544 g/mol. The largest absolute Gasteiger partial charge is 0.507 e. The Labute approximate surface area is 253 Å². The van der Waals surface area contributed by atoms with Gasteiger partial charge < -0.3 is 29.1 Å². The van der Waals surface area contributed by atoms with Gasteiger partial charge in [-0.15, -0.1) is 0 Å². The molecule has 2 aliphatic heterocycles. The summed E-state index contributed by atoms with van der Waals surface area (Å²) in [4.78, 5) is 30.9. The average molecular weight is 585 g/mol. The van der Waals surface area contributed by atoms with E-state index in [2.05, 4.69) is 18.7 Å². The number of Topliss-reactive ketones (excluding diaryl/α,β-unsaturated/α-hetero) is 1. The molecule has 8 heteroatoms. The highest BCUT2D eigenvalue weighted by molar-refractivity contribution is 6.46. The Bertz CT molecular complexity index is 1500. The van der Waals surface area contributed by atoms with Crippen LogP contribution in [0.5, 0.6) is 17.2 Å². The maximum Gasteiger partial charge on any atom is 0.295 e. The van der Waals surface area contributed by atoms with E-state index in [-0.39, 0.29) is 17.4 Å². The zero-order valence-electron chi connectivity index (χ0n) is 25.3. The Morgan fingerprint density at radius 3 is 2.47 bits per heavy atom. The molecule has 226 valence electrons. The molecule has 3 aromatic rings. The lowest BCUT2D eigenvalue weighted by molar-refractivity contribution is -0.140. The van der Waals surface area contributed by atoms with Crippen molar-refractivity contribution in [1.29, 1.82) is 0 Å². The van der Waals surface area contributed by atoms with Crippen LogP contribution in [0.4, 0.5) is 0 Å². The fourth-order valence-electron chi connectivity index (χ4n) is 5.79. The van der Waals surface area contributed by atoms with Gasteiger partial charge in [0.1, 0.15) is 24.2 Å². The molecule has 2 heterocycles. The molecule has 0 unspecified atom stereocenters. The lowest BCUT2D eigenvalue weighted by Crippen LogP contribution is -2.38. The number of benzene rings is 3. The van der Waals surface area contributed by atoms with Gasteiger partial charge in [0.05, 0.1) is 18.2 Å². The van der Waals surface area contributed by atoms with Crippen LogP contribution >= 0.6 is 0 Å². The third-order valence-corrected chi connectivity index (χ3v) is 8.08. The molecule has 1 amide bonds. The first-order chi connectivity index (χ1) is 20.8. The summed E-state index contributed by atoms with van der Waals surface area (Å²) in [6, 6.07) is 19.9. The standard InChI is InChI=1S/C35H40N2O6/c1-5-36(6-2)17-18-37-32(25-13-16-29(30(21-25)41-7-3)42-22-24-11-9-8-10-12-24)31(34(39)35(37)40)33(38)26-14-15-28-27(20-26)19-23(4)43-28/h8-16,20-21,23,32,38H,5-7,17-19,22H2,1-4H3/b33-31+/t23-,32+/m0/s1. The maximum atomic E-state index is 13.6. The van der Waals surface area contributed by atoms with Crippen molar-refractivity contribution >= 4 is 17.4 Å². The topological polar surface area (TPSA) is 88.5 Å². The van der Waals surface area contributed by atoms with E-state index in [9.17, 15) is 14.7 Å². The molecule has 8 nitrogen and oxygen atoms in total. The van der Waals surface area contributed by atoms with Crippen LogP contribution < -0.4 is 14.2 Å². The number of ether oxygens (including phenoxy) is 3. The molecule has 5 rings (SSSR count). The van der Waals surface area contributed by atoms with Gasteiger partial charge in [0.25, 0.3) is 11.7 Å². The van der Waals surface area contributed by atoms with Crippen molar-refractivity contribution in [3.05, 3.63) is 94.6 Å². The highest BCUT2D eigenvalue weighted by Gasteiger charge is 2.46. The number of hydrogen-bond donors (Lipinski definition) is 1. The summed E-state index contributed by atoms with van der Waals surface area (Å²) in [6.07, 6.45) is 0.748. The molecule has 43 heavy (non-hydrogen) atoms. The fraction of sp³-hybridized carbons (Fsp3) is 0.371. The van der Waals surface area contributed by atoms with Crippen molar-refractivity contribution in [2.45, 2.75) is 52.9 Å². The van der Waals surface area contributed by atoms with Gasteiger partial charge in [0, 0.05) is 25.1 Å². The van der Waals surface area contributed by atoms with Crippen LogP contribution in [0, 0.1) is 0 Å². The number of aliphatic hydroxyl groups excluding tert-OH is 1. The number of rotatable bonds is 12. The molecule has 2 atom stereocenters. The zero-order chi connectivity index (χ0) is 30.5. The second kappa shape index (κ2) is 13.3. The van der Waals surface area contributed by atoms with Gasteiger partial charge in [-0.1, -0.05) is 50.2 Å². The quantitative estimate of drug-likeness (QED) is 0.165. The zero-order valence-corrected chi connectivity index (χ0v) is 25.3. The first-order valence-electron chi connectivity index (χ1n) is 15.1. The van der Waals surface area contributed by atoms with Crippen LogP contribution in [0.15, 0.2) is 72.3 Å². The Hall–Kier alpha value is -4.30. The van der Waals surface area contributed by atoms with Crippen LogP contribution in [0.1, 0.15) is 56.0 Å². The van der Waals surface area contributed by atoms with Crippen molar-refractivity contribution in [2.75, 3.05) is 32.8 Å². The number of aliphatic hydroxyl groups is 1. The third-order valence-electron chi connectivity index (χ3n) is 8.08. The minimum Gasteiger partial charge on any atom is -0.507 e. The Morgan fingerprint density at radius 2 is 1.74 bits per heavy atom. The van der Waals surface area contributed by atoms with Crippen molar-refractivity contribution < 1.29 is 28.9 Å². The van der Waals surface area contributed by atoms with Gasteiger partial charge in [-0.25, -0.2) is 0 Å². The van der Waals surface area contributed by atoms with Crippen molar-refractivity contribution in [2.24, 2.45) is 0 Å². The van der Waals surface area contributed by atoms with Gasteiger partial charge in [0.2, 0.25) is 0 Å². The molecule has 0 radical (unpaired) electrons. The molecule has 0 aromatic heterocycles. The lowest BCUT2D eigenvalue weighted by Gasteiger charge is -2.28. The summed E-state index contributed by atoms with van der Waals surface area (Å²) in [5, 5.41) is 11.6. The van der Waals surface area contributed by atoms with Crippen molar-refractivity contribution in [3.8, 4) is 17.2 Å². The van der Waals surface area contributed by atoms with Crippen LogP contribution in [0.2, 0.25) is 0 Å². The van der Waals surface area contributed by atoms with E-state index in [4.69, 9.17) is 14.2 Å². The third kappa shape index (κ3) is 6.39. The summed E-state index contributed by atoms with van der Waals surface area (Å²) >= 11 is 0. The SMILES string of the molecule is CCOc1cc([C@@H]2/C(=C(\O)c3ccc4c(c3)C[C@H](C)O4)C(=O)C(=O)N2CCN(CC)CC)ccc1OCc1ccccc1. The number of ketones is 1. The number of carbonyl (C=O) groups excluding carboxylic acids is 2. The summed E-state index contributed by atoms with van der Waals surface area (Å²) in [7, 11) is 0. The van der Waals surface area contributed by atoms with Gasteiger partial charge >= 0.3 is 0 Å². The summed E-state index contributed by atoms with van der Waals surface area (Å²) in [6.45, 7) is 11.4. The number of carbonyl (C=O) groups is 2. The highest BCUT2D eigenvalue weighted by atomic mass is 16.5. The van der Waals surface area contributed by atoms with E-state index in [0.29, 0.717) is 55.4 Å². The second-order valence-corrected chi connectivity index (χ2v) is 10.9. The number of fused-ring (bicyclic) bond motifs is 1. The van der Waals surface area contributed by atoms with Crippen molar-refractivity contribution in [1.82, 2.24) is 9.80 Å². The van der Waals surface area contributed by atoms with Crippen LogP contribution in [0.25, 0.3) is 5.76 Å². The van der Waals surface area contributed by atoms with E-state index in [1.54, 1.807) is 11.0 Å². The van der Waals surface area contributed by atoms with Gasteiger partial charge in [-0.05, 0) is 74.0 Å². The minimum atomic E-state index is -0.790. The van der Waals surface area contributed by atoms with Crippen LogP contribution in [0.3, 0.4) is 0 Å². The lowest BCUT2D eigenvalue weighted by atomic mass is 9.94. The summed E-state index contributed by atoms with van der Waals surface area (Å²) in [5.41, 5.74) is 3.19. The molecule has 1 fully saturated rings. The van der Waals surface area contributed by atoms with Gasteiger partial charge in [-0.3, -0.25) is 9.59 Å². The smallest absolute Gasteiger partial charge is 0.295 e. The molecule has 1 N–H and O–H groups in total. The number of likely N-dealkylation sites (tertiary alicyclic amines) is 1. The molecule has 2 aliphatic rings. The normalized spacial score (nSPS) is 19.0. The van der Waals surface area contributed by atoms with E-state index in [1.165, 1.54) is 0 Å². The van der Waals surface area contributed by atoms with E-state index >= 15 is 0 Å². The Balaban J connectivity index is 1.55. The number of likely N-dealkylation sites (N-methyl/N-ethyl adjacent to an activating group) is 1. The molecule has 0 spiro atoms. The monoisotopic (exact) mass is 584 g/mol. The van der Waals surface area contributed by atoms with Crippen LogP contribution in [-0.2, 0) is 22.6 Å². The van der Waals surface area contributed by atoms with Gasteiger partial charge in [-0.2, -0.15) is 0 Å². The summed E-state index contributed by atoms with van der Waals surface area (Å²) < 4.78 is 17.9. The van der Waals surface area contributed by atoms with E-state index < -0.39 is 17.7 Å². The van der Waals surface area contributed by atoms with Crippen LogP contribution in [-0.4, -0.2) is 65.5 Å². The fourth-order valence-corrected chi connectivity index (χ4v) is 5.79. The number of amides is 1. The average Bonchev–Trinajstić information content (AvgIpc) is 3.52. The maximum absolute atomic E-state index is 13.6. The first-order valence-corrected chi connectivity index (χ1v) is 15.1. The molecule has 0 aliphatic carbocycles. The predicted molar refractivity (Wildman–Crippen MR) is 165 cm³/mol. The Kier molecular flexibility index (Phi) is 9.36. The second-order valence-electron chi connectivity index (χ2n) is 10.9. The molecule has 0 saturated carbocycles. The first kappa shape index (κ1) is 30.2. The predicted octanol–water partition coefficient (Wildman–Crippen LogP) is 5.75. The van der Waals surface area contributed by atoms with Gasteiger partial charge in [0.15, 0.2) is 11.5 Å². The van der Waals surface area contributed by atoms with E-state index in [0.717, 1.165) is 30.0 Å². The molecule has 1 saturated heterocycles. The minimum absolute atomic E-state index is 0.0395. The van der Waals surface area contributed by atoms with E-state index in [1.807, 2.05) is 74.5 Å². The molecule has 0 bridgehead atoms. The molecular formula is C35H40N2O6. The number of nitrogens with zero attached hydrogens (tertiary/aromatic N) is 2. The van der Waals surface area contributed by atoms with Crippen molar-refractivity contribution in [3.63, 3.8) is 0 Å².